The molecule has 7 heteroatoms. The second-order valence-electron chi connectivity index (χ2n) is 9.80. The Morgan fingerprint density at radius 2 is 1.70 bits per heavy atom. The van der Waals surface area contributed by atoms with Crippen LogP contribution >= 0.6 is 0 Å². The number of amides is 2. The first-order valence-electron chi connectivity index (χ1n) is 12.6. The van der Waals surface area contributed by atoms with Crippen LogP contribution in [-0.4, -0.2) is 53.9 Å². The maximum absolute atomic E-state index is 14.1. The number of rotatable bonds is 7. The maximum Gasteiger partial charge on any atom is 0.264 e. The lowest BCUT2D eigenvalue weighted by atomic mass is 9.82. The number of hydrogen-bond donors (Lipinski definition) is 2. The molecule has 2 fully saturated rings. The number of nitrogens with one attached hydrogen (secondary N) is 2. The summed E-state index contributed by atoms with van der Waals surface area (Å²) in [5.74, 6) is -0.204. The van der Waals surface area contributed by atoms with Gasteiger partial charge in [-0.1, -0.05) is 66.7 Å². The summed E-state index contributed by atoms with van der Waals surface area (Å²) in [5.41, 5.74) is 2.70. The zero-order chi connectivity index (χ0) is 26.0. The van der Waals surface area contributed by atoms with Gasteiger partial charge in [0.1, 0.15) is 0 Å². The molecule has 3 aromatic rings. The van der Waals surface area contributed by atoms with Gasteiger partial charge in [0.25, 0.3) is 11.8 Å². The molecule has 7 nitrogen and oxygen atoms in total. The third-order valence-electron chi connectivity index (χ3n) is 7.28. The summed E-state index contributed by atoms with van der Waals surface area (Å²) in [6, 6.07) is 24.8. The topological polar surface area (TPSA) is 85.7 Å². The number of aryl methyl sites for hydroxylation is 1. The Morgan fingerprint density at radius 3 is 2.32 bits per heavy atom. The normalized spacial score (nSPS) is 18.8. The lowest BCUT2D eigenvalue weighted by Gasteiger charge is -2.28. The summed E-state index contributed by atoms with van der Waals surface area (Å²) < 4.78 is 5.33. The summed E-state index contributed by atoms with van der Waals surface area (Å²) >= 11 is 0. The molecule has 0 spiro atoms. The van der Waals surface area contributed by atoms with Crippen LogP contribution in [0.4, 0.5) is 0 Å². The molecule has 0 radical (unpaired) electrons. The fraction of sp³-hybridized carbons (Fsp3) is 0.300. The number of nitrogens with zero attached hydrogens (tertiary/aromatic N) is 2. The number of carbonyl (C=O) groups is 2. The first-order chi connectivity index (χ1) is 17.9. The monoisotopic (exact) mass is 496 g/mol. The van der Waals surface area contributed by atoms with Crippen molar-refractivity contribution < 1.29 is 14.3 Å². The quantitative estimate of drug-likeness (QED) is 0.517. The standard InChI is InChI=1S/C30H32N4O3/c1-21-16-22(18-23(17-21)27(35)33-15-9-14-26(33)20-37-2)19-34-28(36)30(32-29(34)31,24-10-5-3-6-11-24)25-12-7-4-8-13-25/h3-8,10-13,16-18,26H,9,14-15,19-20H2,1-2H3,(H2,31,32)/t26-/m1/s1. The van der Waals surface area contributed by atoms with Crippen LogP contribution in [0.1, 0.15) is 45.5 Å². The second-order valence-corrected chi connectivity index (χ2v) is 9.80. The molecule has 2 N–H and O–H groups in total. The van der Waals surface area contributed by atoms with Gasteiger partial charge in [-0.2, -0.15) is 0 Å². The molecule has 2 amide bonds. The van der Waals surface area contributed by atoms with Gasteiger partial charge in [0.15, 0.2) is 11.5 Å². The lowest BCUT2D eigenvalue weighted by molar-refractivity contribution is -0.130. The molecule has 1 atom stereocenters. The number of methoxy groups -OCH3 is 1. The third-order valence-corrected chi connectivity index (χ3v) is 7.28. The fourth-order valence-electron chi connectivity index (χ4n) is 5.58. The summed E-state index contributed by atoms with van der Waals surface area (Å²) in [5, 5.41) is 12.0. The smallest absolute Gasteiger partial charge is 0.264 e. The van der Waals surface area contributed by atoms with Crippen molar-refractivity contribution in [3.63, 3.8) is 0 Å². The Kier molecular flexibility index (Phi) is 6.80. The van der Waals surface area contributed by atoms with Gasteiger partial charge in [0, 0.05) is 19.2 Å². The van der Waals surface area contributed by atoms with E-state index in [9.17, 15) is 9.59 Å². The van der Waals surface area contributed by atoms with Gasteiger partial charge in [-0.15, -0.1) is 0 Å². The van der Waals surface area contributed by atoms with Crippen LogP contribution < -0.4 is 5.32 Å². The summed E-state index contributed by atoms with van der Waals surface area (Å²) in [6.07, 6.45) is 1.90. The van der Waals surface area contributed by atoms with Crippen LogP contribution in [0.2, 0.25) is 0 Å². The molecule has 190 valence electrons. The third kappa shape index (κ3) is 4.51. The zero-order valence-corrected chi connectivity index (χ0v) is 21.2. The van der Waals surface area contributed by atoms with Gasteiger partial charge in [0.2, 0.25) is 0 Å². The van der Waals surface area contributed by atoms with Crippen LogP contribution in [0.3, 0.4) is 0 Å². The van der Waals surface area contributed by atoms with Crippen molar-refractivity contribution in [3.05, 3.63) is 107 Å². The minimum atomic E-state index is -1.19. The van der Waals surface area contributed by atoms with Crippen molar-refractivity contribution in [1.29, 1.82) is 5.41 Å². The van der Waals surface area contributed by atoms with E-state index in [0.29, 0.717) is 18.7 Å². The van der Waals surface area contributed by atoms with Crippen molar-refractivity contribution in [3.8, 4) is 0 Å². The molecule has 0 unspecified atom stereocenters. The van der Waals surface area contributed by atoms with Crippen LogP contribution in [0.5, 0.6) is 0 Å². The van der Waals surface area contributed by atoms with Crippen molar-refractivity contribution >= 4 is 17.8 Å². The predicted molar refractivity (Wildman–Crippen MR) is 142 cm³/mol. The first kappa shape index (κ1) is 24.7. The Bertz CT molecular complexity index is 1270. The summed E-state index contributed by atoms with van der Waals surface area (Å²) in [4.78, 5) is 30.9. The van der Waals surface area contributed by atoms with E-state index < -0.39 is 5.54 Å². The van der Waals surface area contributed by atoms with Gasteiger partial charge in [-0.25, -0.2) is 0 Å². The van der Waals surface area contributed by atoms with E-state index in [4.69, 9.17) is 10.1 Å². The van der Waals surface area contributed by atoms with E-state index >= 15 is 0 Å². The van der Waals surface area contributed by atoms with Gasteiger partial charge in [-0.05, 0) is 54.2 Å². The van der Waals surface area contributed by atoms with E-state index in [1.807, 2.05) is 90.7 Å². The van der Waals surface area contributed by atoms with E-state index in [2.05, 4.69) is 5.32 Å². The van der Waals surface area contributed by atoms with Crippen LogP contribution in [-0.2, 0) is 21.6 Å². The van der Waals surface area contributed by atoms with Crippen molar-refractivity contribution in [2.75, 3.05) is 20.3 Å². The molecule has 3 aromatic carbocycles. The molecule has 0 saturated carbocycles. The summed E-state index contributed by atoms with van der Waals surface area (Å²) in [6.45, 7) is 3.38. The van der Waals surface area contributed by atoms with E-state index in [0.717, 1.165) is 35.1 Å². The van der Waals surface area contributed by atoms with Gasteiger partial charge in [-0.3, -0.25) is 19.9 Å². The molecule has 2 saturated heterocycles. The SMILES string of the molecule is COC[C@H]1CCCN1C(=O)c1cc(C)cc(CN2C(=N)NC(c3ccccc3)(c3ccccc3)C2=O)c1. The van der Waals surface area contributed by atoms with Crippen molar-refractivity contribution in [2.45, 2.75) is 37.9 Å². The van der Waals surface area contributed by atoms with Crippen LogP contribution in [0, 0.1) is 12.3 Å². The molecule has 2 aliphatic heterocycles. The molecule has 0 aromatic heterocycles. The highest BCUT2D eigenvalue weighted by molar-refractivity contribution is 6.10. The number of benzene rings is 3. The average molecular weight is 497 g/mol. The second kappa shape index (κ2) is 10.2. The Hall–Kier alpha value is -3.97. The average Bonchev–Trinajstić information content (AvgIpc) is 3.48. The highest BCUT2D eigenvalue weighted by Gasteiger charge is 2.52. The van der Waals surface area contributed by atoms with Crippen molar-refractivity contribution in [2.24, 2.45) is 0 Å². The molecule has 2 heterocycles. The van der Waals surface area contributed by atoms with E-state index in [1.165, 1.54) is 4.90 Å². The molecule has 0 aliphatic carbocycles. The molecule has 5 rings (SSSR count). The minimum Gasteiger partial charge on any atom is -0.383 e. The highest BCUT2D eigenvalue weighted by Crippen LogP contribution is 2.36. The number of ether oxygens (including phenoxy) is 1. The summed E-state index contributed by atoms with van der Waals surface area (Å²) in [7, 11) is 1.66. The fourth-order valence-corrected chi connectivity index (χ4v) is 5.58. The van der Waals surface area contributed by atoms with Gasteiger partial charge >= 0.3 is 0 Å². The number of carbonyl (C=O) groups excluding carboxylic acids is 2. The zero-order valence-electron chi connectivity index (χ0n) is 21.2. The van der Waals surface area contributed by atoms with Crippen LogP contribution in [0.15, 0.2) is 78.9 Å². The van der Waals surface area contributed by atoms with E-state index in [1.54, 1.807) is 7.11 Å². The minimum absolute atomic E-state index is 0.0200. The highest BCUT2D eigenvalue weighted by atomic mass is 16.5. The number of hydrogen-bond acceptors (Lipinski definition) is 4. The molecule has 2 aliphatic rings. The Labute approximate surface area is 217 Å². The molecule has 37 heavy (non-hydrogen) atoms. The van der Waals surface area contributed by atoms with Gasteiger partial charge < -0.3 is 15.0 Å². The van der Waals surface area contributed by atoms with Crippen molar-refractivity contribution in [1.82, 2.24) is 15.1 Å². The predicted octanol–water partition coefficient (Wildman–Crippen LogP) is 4.06. The molecular weight excluding hydrogens is 464 g/mol. The van der Waals surface area contributed by atoms with E-state index in [-0.39, 0.29) is 30.4 Å². The first-order valence-corrected chi connectivity index (χ1v) is 12.6. The maximum atomic E-state index is 14.1. The number of guanidine groups is 1. The Balaban J connectivity index is 1.46. The largest absolute Gasteiger partial charge is 0.383 e. The Morgan fingerprint density at radius 1 is 1.05 bits per heavy atom. The molecular formula is C30H32N4O3. The van der Waals surface area contributed by atoms with Crippen LogP contribution in [0.25, 0.3) is 0 Å². The lowest BCUT2D eigenvalue weighted by Crippen LogP contribution is -2.45. The van der Waals surface area contributed by atoms with Gasteiger partial charge in [0.05, 0.1) is 19.2 Å². The number of likely N-dealkylation sites (tertiary alicyclic amines) is 1. The molecule has 0 bridgehead atoms.